The molecule has 1 fully saturated rings. The monoisotopic (exact) mass is 1140 g/mol. The lowest BCUT2D eigenvalue weighted by Crippen LogP contribution is -2.61. The van der Waals surface area contributed by atoms with Crippen LogP contribution in [0.2, 0.25) is 0 Å². The molecule has 0 radical (unpaired) electrons. The van der Waals surface area contributed by atoms with Gasteiger partial charge < -0.3 is 39.0 Å². The normalized spacial score (nSPS) is 18.2. The third kappa shape index (κ3) is 46.3. The first kappa shape index (κ1) is 75.2. The largest absolute Gasteiger partial charge is 0.479 e. The van der Waals surface area contributed by atoms with Crippen molar-refractivity contribution in [3.05, 3.63) is 72.9 Å². The maximum Gasteiger partial charge on any atom is 0.335 e. The Morgan fingerprint density at radius 2 is 0.765 bits per heavy atom. The minimum atomic E-state index is -1.91. The lowest BCUT2D eigenvalue weighted by atomic mass is 9.98. The van der Waals surface area contributed by atoms with Crippen molar-refractivity contribution in [1.29, 1.82) is 0 Å². The highest BCUT2D eigenvalue weighted by Gasteiger charge is 2.50. The van der Waals surface area contributed by atoms with Crippen LogP contribution in [0.15, 0.2) is 72.9 Å². The lowest BCUT2D eigenvalue weighted by molar-refractivity contribution is -0.301. The summed E-state index contributed by atoms with van der Waals surface area (Å²) in [5.74, 6) is -3.14. The Morgan fingerprint density at radius 1 is 0.407 bits per heavy atom. The van der Waals surface area contributed by atoms with Gasteiger partial charge in [-0.05, 0) is 109 Å². The highest BCUT2D eigenvalue weighted by Crippen LogP contribution is 2.27. The van der Waals surface area contributed by atoms with Crippen LogP contribution in [-0.2, 0) is 42.9 Å². The van der Waals surface area contributed by atoms with E-state index in [1.807, 2.05) is 0 Å². The number of rotatable bonds is 56. The molecular formula is C69H118O12. The number of hydrogen-bond donors (Lipinski definition) is 3. The van der Waals surface area contributed by atoms with Gasteiger partial charge in [0.1, 0.15) is 18.8 Å². The van der Waals surface area contributed by atoms with E-state index in [0.717, 1.165) is 128 Å². The van der Waals surface area contributed by atoms with Gasteiger partial charge in [0, 0.05) is 19.3 Å². The van der Waals surface area contributed by atoms with E-state index in [2.05, 4.69) is 93.7 Å². The third-order valence-electron chi connectivity index (χ3n) is 14.7. The summed E-state index contributed by atoms with van der Waals surface area (Å²) in [4.78, 5) is 51.3. The number of carboxylic acid groups (broad SMARTS) is 1. The van der Waals surface area contributed by atoms with Crippen molar-refractivity contribution in [3.8, 4) is 0 Å². The van der Waals surface area contributed by atoms with E-state index in [4.69, 9.17) is 23.7 Å². The topological polar surface area (TPSA) is 175 Å². The van der Waals surface area contributed by atoms with E-state index in [-0.39, 0.29) is 25.9 Å². The van der Waals surface area contributed by atoms with Gasteiger partial charge in [0.15, 0.2) is 24.6 Å². The molecule has 0 aromatic carbocycles. The van der Waals surface area contributed by atoms with Gasteiger partial charge in [-0.15, -0.1) is 0 Å². The molecule has 1 aliphatic heterocycles. The first-order valence-electron chi connectivity index (χ1n) is 32.9. The smallest absolute Gasteiger partial charge is 0.335 e. The molecule has 6 atom stereocenters. The van der Waals surface area contributed by atoms with Gasteiger partial charge in [-0.25, -0.2) is 4.79 Å². The minimum Gasteiger partial charge on any atom is -0.479 e. The lowest BCUT2D eigenvalue weighted by Gasteiger charge is -2.40. The summed E-state index contributed by atoms with van der Waals surface area (Å²) in [6.07, 6.45) is 60.0. The Balaban J connectivity index is 2.66. The first-order valence-corrected chi connectivity index (χ1v) is 32.9. The molecule has 3 N–H and O–H groups in total. The zero-order chi connectivity index (χ0) is 58.9. The van der Waals surface area contributed by atoms with Gasteiger partial charge in [-0.3, -0.25) is 14.4 Å². The van der Waals surface area contributed by atoms with Gasteiger partial charge in [-0.1, -0.05) is 235 Å². The summed E-state index contributed by atoms with van der Waals surface area (Å²) >= 11 is 0. The van der Waals surface area contributed by atoms with E-state index >= 15 is 0 Å². The number of ether oxygens (including phenoxy) is 5. The van der Waals surface area contributed by atoms with Crippen molar-refractivity contribution in [1.82, 2.24) is 0 Å². The zero-order valence-corrected chi connectivity index (χ0v) is 51.5. The van der Waals surface area contributed by atoms with Gasteiger partial charge in [0.25, 0.3) is 0 Å². The van der Waals surface area contributed by atoms with Crippen molar-refractivity contribution >= 4 is 23.9 Å². The molecule has 0 spiro atoms. The van der Waals surface area contributed by atoms with E-state index < -0.39 is 67.3 Å². The molecule has 0 bridgehead atoms. The summed E-state index contributed by atoms with van der Waals surface area (Å²) in [5.41, 5.74) is 0. The molecule has 6 unspecified atom stereocenters. The molecule has 12 nitrogen and oxygen atoms in total. The molecule has 0 saturated carbocycles. The van der Waals surface area contributed by atoms with Crippen LogP contribution in [0.4, 0.5) is 0 Å². The molecule has 1 heterocycles. The number of aliphatic hydroxyl groups is 2. The third-order valence-corrected chi connectivity index (χ3v) is 14.7. The first-order chi connectivity index (χ1) is 39.6. The molecule has 0 aromatic heterocycles. The molecule has 1 aliphatic rings. The van der Waals surface area contributed by atoms with E-state index in [9.17, 15) is 34.5 Å². The second-order valence-corrected chi connectivity index (χ2v) is 22.4. The fourth-order valence-electron chi connectivity index (χ4n) is 9.64. The summed E-state index contributed by atoms with van der Waals surface area (Å²) in [7, 11) is 0. The fraction of sp³-hybridized carbons (Fsp3) is 0.768. The van der Waals surface area contributed by atoms with Crippen LogP contribution in [-0.4, -0.2) is 89.2 Å². The molecule has 12 heteroatoms. The summed E-state index contributed by atoms with van der Waals surface area (Å²) < 4.78 is 28.5. The zero-order valence-electron chi connectivity index (χ0n) is 51.5. The molecular weight excluding hydrogens is 1020 g/mol. The second kappa shape index (κ2) is 56.6. The Morgan fingerprint density at radius 3 is 1.21 bits per heavy atom. The SMILES string of the molecule is CCC/C=C\C/C=C\CCCCCCCC(=O)OC1C(OCC(COC(=O)CCCCCCCC/C=C\C/C=C\C/C=C\CCCCC)OC(=O)CCCCCCCCCCC/C=C\CCCCCCCC)OC(C(=O)O)C(O)C1O. The van der Waals surface area contributed by atoms with Gasteiger partial charge in [-0.2, -0.15) is 0 Å². The number of esters is 3. The number of carboxylic acids is 1. The van der Waals surface area contributed by atoms with Crippen molar-refractivity contribution in [2.75, 3.05) is 13.2 Å². The predicted octanol–water partition coefficient (Wildman–Crippen LogP) is 17.7. The number of unbranched alkanes of at least 4 members (excludes halogenated alkanes) is 30. The van der Waals surface area contributed by atoms with E-state index in [1.165, 1.54) is 103 Å². The summed E-state index contributed by atoms with van der Waals surface area (Å²) in [6, 6.07) is 0. The maximum atomic E-state index is 13.2. The summed E-state index contributed by atoms with van der Waals surface area (Å²) in [5, 5.41) is 31.6. The van der Waals surface area contributed by atoms with Crippen LogP contribution in [0.5, 0.6) is 0 Å². The van der Waals surface area contributed by atoms with Crippen molar-refractivity contribution in [3.63, 3.8) is 0 Å². The second-order valence-electron chi connectivity index (χ2n) is 22.4. The molecule has 0 aromatic rings. The quantitative estimate of drug-likeness (QED) is 0.0228. The molecule has 466 valence electrons. The van der Waals surface area contributed by atoms with Gasteiger partial charge in [0.05, 0.1) is 6.61 Å². The highest BCUT2D eigenvalue weighted by atomic mass is 16.7. The van der Waals surface area contributed by atoms with Crippen LogP contribution < -0.4 is 0 Å². The fourth-order valence-corrected chi connectivity index (χ4v) is 9.64. The van der Waals surface area contributed by atoms with E-state index in [0.29, 0.717) is 19.3 Å². The molecule has 0 amide bonds. The van der Waals surface area contributed by atoms with Gasteiger partial charge in [0.2, 0.25) is 0 Å². The number of aliphatic carboxylic acids is 1. The average Bonchev–Trinajstić information content (AvgIpc) is 3.54. The molecule has 1 saturated heterocycles. The number of allylic oxidation sites excluding steroid dienone is 12. The number of aliphatic hydroxyl groups excluding tert-OH is 2. The van der Waals surface area contributed by atoms with Crippen molar-refractivity contribution in [2.45, 2.75) is 327 Å². The highest BCUT2D eigenvalue weighted by molar-refractivity contribution is 5.74. The van der Waals surface area contributed by atoms with Crippen LogP contribution in [0.3, 0.4) is 0 Å². The Labute approximate surface area is 493 Å². The van der Waals surface area contributed by atoms with Crippen LogP contribution >= 0.6 is 0 Å². The number of carbonyl (C=O) groups excluding carboxylic acids is 3. The molecule has 1 rings (SSSR count). The molecule has 0 aliphatic carbocycles. The average molecular weight is 1140 g/mol. The maximum absolute atomic E-state index is 13.2. The van der Waals surface area contributed by atoms with Crippen LogP contribution in [0.1, 0.15) is 290 Å². The Bertz CT molecular complexity index is 1680. The van der Waals surface area contributed by atoms with Crippen LogP contribution in [0, 0.1) is 0 Å². The standard InChI is InChI=1S/C69H118O12/c1-4-7-10-13-16-19-22-25-27-29-31-33-35-38-40-43-46-49-52-55-61(70)77-58-60(79-62(71)56-53-50-47-44-42-39-36-34-32-30-28-26-23-20-17-14-11-8-5-2)59-78-69-67(65(74)64(73)66(81-69)68(75)76)80-63(72)57-54-51-48-45-41-37-24-21-18-15-12-9-6-3/h12,15-16,19,21,24-28,31,33,60,64-67,69,73-74H,4-11,13-14,17-18,20,22-23,29-30,32,34-59H2,1-3H3,(H,75,76)/b15-12-,19-16-,24-21-,27-25-,28-26-,33-31-. The Hall–Kier alpha value is -3.84. The molecule has 81 heavy (non-hydrogen) atoms. The Kier molecular flexibility index (Phi) is 52.6. The predicted molar refractivity (Wildman–Crippen MR) is 331 cm³/mol. The van der Waals surface area contributed by atoms with Crippen LogP contribution in [0.25, 0.3) is 0 Å². The summed E-state index contributed by atoms with van der Waals surface area (Å²) in [6.45, 7) is 5.91. The number of carbonyl (C=O) groups is 4. The number of hydrogen-bond acceptors (Lipinski definition) is 11. The van der Waals surface area contributed by atoms with Crippen molar-refractivity contribution < 1.29 is 58.2 Å². The minimum absolute atomic E-state index is 0.0416. The van der Waals surface area contributed by atoms with E-state index in [1.54, 1.807) is 0 Å². The van der Waals surface area contributed by atoms with Crippen molar-refractivity contribution in [2.24, 2.45) is 0 Å². The van der Waals surface area contributed by atoms with Gasteiger partial charge >= 0.3 is 23.9 Å².